The molecule has 0 aliphatic heterocycles. The summed E-state index contributed by atoms with van der Waals surface area (Å²) >= 11 is 0. The zero-order valence-corrected chi connectivity index (χ0v) is 11.0. The first-order valence-corrected chi connectivity index (χ1v) is 6.33. The molecule has 0 radical (unpaired) electrons. The molecule has 19 heavy (non-hydrogen) atoms. The number of urea groups is 1. The van der Waals surface area contributed by atoms with Gasteiger partial charge in [-0.2, -0.15) is 0 Å². The Morgan fingerprint density at radius 1 is 1.16 bits per heavy atom. The summed E-state index contributed by atoms with van der Waals surface area (Å²) in [5.41, 5.74) is -0.273. The van der Waals surface area contributed by atoms with Gasteiger partial charge in [-0.05, 0) is 19.8 Å². The second-order valence-corrected chi connectivity index (χ2v) is 5.01. The Hall–Kier alpha value is -1.63. The van der Waals surface area contributed by atoms with Crippen LogP contribution in [0.5, 0.6) is 0 Å². The third-order valence-electron chi connectivity index (χ3n) is 3.08. The van der Waals surface area contributed by atoms with Crippen LogP contribution in [0.3, 0.4) is 0 Å². The topological polar surface area (TPSA) is 105 Å². The van der Waals surface area contributed by atoms with Crippen LogP contribution in [0.2, 0.25) is 0 Å². The normalized spacial score (nSPS) is 17.5. The summed E-state index contributed by atoms with van der Waals surface area (Å²) in [7, 11) is 0. The molecule has 0 unspecified atom stereocenters. The number of imide groups is 1. The predicted octanol–water partition coefficient (Wildman–Crippen LogP) is 0.636. The van der Waals surface area contributed by atoms with E-state index in [0.29, 0.717) is 0 Å². The number of amides is 3. The van der Waals surface area contributed by atoms with Crippen molar-refractivity contribution in [3.05, 3.63) is 0 Å². The molecule has 1 rings (SSSR count). The van der Waals surface area contributed by atoms with Crippen LogP contribution in [0.4, 0.5) is 4.79 Å². The fourth-order valence-electron chi connectivity index (χ4n) is 2.16. The first kappa shape index (κ1) is 15.4. The van der Waals surface area contributed by atoms with Crippen LogP contribution in [0.15, 0.2) is 0 Å². The minimum absolute atomic E-state index is 0.273. The van der Waals surface area contributed by atoms with E-state index in [1.165, 1.54) is 6.42 Å². The third-order valence-corrected chi connectivity index (χ3v) is 3.08. The molecule has 0 bridgehead atoms. The standard InChI is InChI=1S/C12H20N2O5/c1-12(5-3-2-4-6-12)14-11(18)13-9(15)7-19-8-10(16)17/h2-8H2,1H3,(H,16,17)(H2,13,14,15,18). The van der Waals surface area contributed by atoms with Crippen molar-refractivity contribution in [2.45, 2.75) is 44.6 Å². The van der Waals surface area contributed by atoms with Crippen molar-refractivity contribution in [1.82, 2.24) is 10.6 Å². The number of aliphatic carboxylic acids is 1. The van der Waals surface area contributed by atoms with Gasteiger partial charge >= 0.3 is 12.0 Å². The number of hydrogen-bond donors (Lipinski definition) is 3. The molecule has 0 saturated heterocycles. The summed E-state index contributed by atoms with van der Waals surface area (Å²) in [6, 6.07) is -0.562. The number of carboxylic acid groups (broad SMARTS) is 1. The maximum atomic E-state index is 11.6. The van der Waals surface area contributed by atoms with Crippen LogP contribution < -0.4 is 10.6 Å². The maximum Gasteiger partial charge on any atom is 0.329 e. The molecule has 0 heterocycles. The monoisotopic (exact) mass is 272 g/mol. The zero-order valence-electron chi connectivity index (χ0n) is 11.0. The van der Waals surface area contributed by atoms with E-state index in [1.807, 2.05) is 6.92 Å². The smallest absolute Gasteiger partial charge is 0.329 e. The summed E-state index contributed by atoms with van der Waals surface area (Å²) in [6.07, 6.45) is 5.08. The van der Waals surface area contributed by atoms with E-state index in [0.717, 1.165) is 25.7 Å². The van der Waals surface area contributed by atoms with Crippen LogP contribution in [-0.4, -0.2) is 41.8 Å². The van der Waals surface area contributed by atoms with Crippen LogP contribution in [-0.2, 0) is 14.3 Å². The second kappa shape index (κ2) is 7.08. The molecule has 0 aromatic rings. The highest BCUT2D eigenvalue weighted by Gasteiger charge is 2.28. The van der Waals surface area contributed by atoms with Gasteiger partial charge < -0.3 is 15.2 Å². The first-order valence-electron chi connectivity index (χ1n) is 6.33. The predicted molar refractivity (Wildman–Crippen MR) is 66.6 cm³/mol. The molecule has 7 nitrogen and oxygen atoms in total. The molecule has 3 amide bonds. The van der Waals surface area contributed by atoms with Gasteiger partial charge in [-0.15, -0.1) is 0 Å². The Labute approximate surface area is 111 Å². The van der Waals surface area contributed by atoms with E-state index >= 15 is 0 Å². The van der Waals surface area contributed by atoms with E-state index in [1.54, 1.807) is 0 Å². The molecule has 108 valence electrons. The number of rotatable bonds is 5. The molecular formula is C12H20N2O5. The van der Waals surface area contributed by atoms with E-state index in [4.69, 9.17) is 5.11 Å². The molecule has 0 spiro atoms. The van der Waals surface area contributed by atoms with Gasteiger partial charge in [0, 0.05) is 5.54 Å². The summed E-state index contributed by atoms with van der Waals surface area (Å²) in [6.45, 7) is 0.945. The quantitative estimate of drug-likeness (QED) is 0.681. The Kier molecular flexibility index (Phi) is 5.75. The molecule has 0 aromatic heterocycles. The van der Waals surface area contributed by atoms with E-state index in [9.17, 15) is 14.4 Å². The lowest BCUT2D eigenvalue weighted by Crippen LogP contribution is -2.52. The third kappa shape index (κ3) is 6.19. The molecule has 1 aliphatic rings. The van der Waals surface area contributed by atoms with Gasteiger partial charge in [0.2, 0.25) is 0 Å². The van der Waals surface area contributed by atoms with Gasteiger partial charge in [0.15, 0.2) is 0 Å². The van der Waals surface area contributed by atoms with Crippen LogP contribution >= 0.6 is 0 Å². The van der Waals surface area contributed by atoms with Crippen LogP contribution in [0, 0.1) is 0 Å². The van der Waals surface area contributed by atoms with E-state index < -0.39 is 31.1 Å². The van der Waals surface area contributed by atoms with Crippen LogP contribution in [0.25, 0.3) is 0 Å². The number of carboxylic acids is 1. The van der Waals surface area contributed by atoms with Gasteiger partial charge in [-0.25, -0.2) is 9.59 Å². The van der Waals surface area contributed by atoms with Gasteiger partial charge in [-0.1, -0.05) is 19.3 Å². The van der Waals surface area contributed by atoms with Crippen LogP contribution in [0.1, 0.15) is 39.0 Å². The molecular weight excluding hydrogens is 252 g/mol. The maximum absolute atomic E-state index is 11.6. The minimum Gasteiger partial charge on any atom is -0.480 e. The summed E-state index contributed by atoms with van der Waals surface area (Å²) in [5, 5.41) is 13.2. The summed E-state index contributed by atoms with van der Waals surface area (Å²) in [5.74, 6) is -1.81. The minimum atomic E-state index is -1.16. The van der Waals surface area contributed by atoms with E-state index in [2.05, 4.69) is 15.4 Å². The molecule has 3 N–H and O–H groups in total. The lowest BCUT2D eigenvalue weighted by atomic mass is 9.83. The lowest BCUT2D eigenvalue weighted by molar-refractivity contribution is -0.143. The first-order chi connectivity index (χ1) is 8.91. The Morgan fingerprint density at radius 3 is 2.37 bits per heavy atom. The molecule has 0 atom stereocenters. The van der Waals surface area contributed by atoms with Crippen molar-refractivity contribution < 1.29 is 24.2 Å². The average molecular weight is 272 g/mol. The number of carbonyl (C=O) groups excluding carboxylic acids is 2. The highest BCUT2D eigenvalue weighted by atomic mass is 16.5. The number of ether oxygens (including phenoxy) is 1. The molecule has 1 saturated carbocycles. The summed E-state index contributed by atoms with van der Waals surface area (Å²) in [4.78, 5) is 33.1. The highest BCUT2D eigenvalue weighted by Crippen LogP contribution is 2.27. The number of hydrogen-bond acceptors (Lipinski definition) is 4. The zero-order chi connectivity index (χ0) is 14.3. The van der Waals surface area contributed by atoms with Gasteiger partial charge in [0.1, 0.15) is 13.2 Å². The lowest BCUT2D eigenvalue weighted by Gasteiger charge is -2.34. The van der Waals surface area contributed by atoms with Gasteiger partial charge in [0.25, 0.3) is 5.91 Å². The molecule has 0 aromatic carbocycles. The average Bonchev–Trinajstić information content (AvgIpc) is 2.28. The number of carbonyl (C=O) groups is 3. The van der Waals surface area contributed by atoms with Crippen molar-refractivity contribution in [3.63, 3.8) is 0 Å². The molecule has 7 heteroatoms. The van der Waals surface area contributed by atoms with E-state index in [-0.39, 0.29) is 5.54 Å². The Bertz CT molecular complexity index is 350. The Morgan fingerprint density at radius 2 is 1.79 bits per heavy atom. The largest absolute Gasteiger partial charge is 0.480 e. The van der Waals surface area contributed by atoms with Crippen molar-refractivity contribution in [2.75, 3.05) is 13.2 Å². The molecule has 1 aliphatic carbocycles. The van der Waals surface area contributed by atoms with Gasteiger partial charge in [-0.3, -0.25) is 10.1 Å². The van der Waals surface area contributed by atoms with Crippen molar-refractivity contribution in [3.8, 4) is 0 Å². The van der Waals surface area contributed by atoms with Gasteiger partial charge in [0.05, 0.1) is 0 Å². The fraction of sp³-hybridized carbons (Fsp3) is 0.750. The van der Waals surface area contributed by atoms with Crippen molar-refractivity contribution in [2.24, 2.45) is 0 Å². The van der Waals surface area contributed by atoms with Crippen molar-refractivity contribution >= 4 is 17.9 Å². The fourth-order valence-corrected chi connectivity index (χ4v) is 2.16. The Balaban J connectivity index is 2.26. The second-order valence-electron chi connectivity index (χ2n) is 5.01. The molecule has 1 fully saturated rings. The number of nitrogens with one attached hydrogen (secondary N) is 2. The van der Waals surface area contributed by atoms with Crippen molar-refractivity contribution in [1.29, 1.82) is 0 Å². The summed E-state index contributed by atoms with van der Waals surface area (Å²) < 4.78 is 4.58. The SMILES string of the molecule is CC1(NC(=O)NC(=O)COCC(=O)O)CCCCC1. The highest BCUT2D eigenvalue weighted by molar-refractivity contribution is 5.95.